The van der Waals surface area contributed by atoms with Gasteiger partial charge in [0, 0.05) is 42.5 Å². The van der Waals surface area contributed by atoms with Crippen LogP contribution >= 0.6 is 11.3 Å². The molecular formula is C25H37N3O4S. The molecule has 0 radical (unpaired) electrons. The molecule has 0 N–H and O–H groups in total. The van der Waals surface area contributed by atoms with Gasteiger partial charge < -0.3 is 19.1 Å². The van der Waals surface area contributed by atoms with Crippen molar-refractivity contribution in [3.63, 3.8) is 0 Å². The number of carbonyl (C=O) groups is 1. The number of thiazole rings is 1. The smallest absolute Gasteiger partial charge is 0.254 e. The van der Waals surface area contributed by atoms with Crippen LogP contribution in [0.15, 0.2) is 17.5 Å². The van der Waals surface area contributed by atoms with Crippen LogP contribution in [0.4, 0.5) is 0 Å². The van der Waals surface area contributed by atoms with E-state index in [1.165, 1.54) is 0 Å². The summed E-state index contributed by atoms with van der Waals surface area (Å²) in [5.74, 6) is 1.64. The van der Waals surface area contributed by atoms with E-state index in [4.69, 9.17) is 19.2 Å². The SMILES string of the molecule is CCOc1cc(C(=O)N2CCN(Cc3nc(C(C)(C)C)cs3)CC2)cc(OCC)c1OCC. The van der Waals surface area contributed by atoms with Crippen molar-refractivity contribution in [2.24, 2.45) is 0 Å². The maximum absolute atomic E-state index is 13.3. The van der Waals surface area contributed by atoms with Crippen LogP contribution in [0.25, 0.3) is 0 Å². The van der Waals surface area contributed by atoms with Crippen molar-refractivity contribution in [3.05, 3.63) is 33.8 Å². The minimum atomic E-state index is -0.0103. The number of ether oxygens (including phenoxy) is 3. The first-order valence-electron chi connectivity index (χ1n) is 11.8. The van der Waals surface area contributed by atoms with Gasteiger partial charge in [-0.25, -0.2) is 4.98 Å². The van der Waals surface area contributed by atoms with Crippen molar-refractivity contribution in [3.8, 4) is 17.2 Å². The molecule has 1 aliphatic rings. The zero-order valence-electron chi connectivity index (χ0n) is 20.8. The van der Waals surface area contributed by atoms with E-state index in [0.29, 0.717) is 55.7 Å². The lowest BCUT2D eigenvalue weighted by atomic mass is 9.93. The van der Waals surface area contributed by atoms with Gasteiger partial charge in [0.15, 0.2) is 11.5 Å². The molecule has 1 aliphatic heterocycles. The fraction of sp³-hybridized carbons (Fsp3) is 0.600. The molecule has 0 bridgehead atoms. The number of hydrogen-bond donors (Lipinski definition) is 0. The molecule has 1 aromatic carbocycles. The van der Waals surface area contributed by atoms with Crippen LogP contribution in [0.1, 0.15) is 62.6 Å². The first-order valence-corrected chi connectivity index (χ1v) is 12.7. The van der Waals surface area contributed by atoms with Crippen LogP contribution in [-0.2, 0) is 12.0 Å². The normalized spacial score (nSPS) is 14.9. The van der Waals surface area contributed by atoms with E-state index in [-0.39, 0.29) is 11.3 Å². The Kier molecular flexibility index (Phi) is 8.59. The van der Waals surface area contributed by atoms with Crippen LogP contribution in [-0.4, -0.2) is 66.7 Å². The molecule has 0 saturated carbocycles. The van der Waals surface area contributed by atoms with Gasteiger partial charge in [-0.2, -0.15) is 0 Å². The van der Waals surface area contributed by atoms with Gasteiger partial charge in [-0.15, -0.1) is 11.3 Å². The summed E-state index contributed by atoms with van der Waals surface area (Å²) in [7, 11) is 0. The minimum Gasteiger partial charge on any atom is -0.490 e. The number of piperazine rings is 1. The second-order valence-corrected chi connectivity index (χ2v) is 9.99. The van der Waals surface area contributed by atoms with E-state index in [9.17, 15) is 4.79 Å². The Hall–Kier alpha value is -2.32. The Bertz CT molecular complexity index is 903. The van der Waals surface area contributed by atoms with Crippen LogP contribution in [0.3, 0.4) is 0 Å². The number of amides is 1. The van der Waals surface area contributed by atoms with Gasteiger partial charge in [-0.1, -0.05) is 20.8 Å². The third-order valence-electron chi connectivity index (χ3n) is 5.49. The molecular weight excluding hydrogens is 438 g/mol. The number of aromatic nitrogens is 1. The molecule has 182 valence electrons. The van der Waals surface area contributed by atoms with Crippen molar-refractivity contribution in [2.45, 2.75) is 53.5 Å². The molecule has 0 atom stereocenters. The summed E-state index contributed by atoms with van der Waals surface area (Å²) in [6.45, 7) is 17.6. The Morgan fingerprint density at radius 2 is 1.55 bits per heavy atom. The first-order chi connectivity index (χ1) is 15.8. The highest BCUT2D eigenvalue weighted by Gasteiger charge is 2.26. The fourth-order valence-electron chi connectivity index (χ4n) is 3.72. The van der Waals surface area contributed by atoms with Crippen molar-refractivity contribution in [1.29, 1.82) is 0 Å². The van der Waals surface area contributed by atoms with Gasteiger partial charge >= 0.3 is 0 Å². The number of rotatable bonds is 9. The van der Waals surface area contributed by atoms with Gasteiger partial charge in [-0.3, -0.25) is 9.69 Å². The summed E-state index contributed by atoms with van der Waals surface area (Å²) in [5, 5.41) is 3.29. The molecule has 0 spiro atoms. The Balaban J connectivity index is 1.67. The van der Waals surface area contributed by atoms with Crippen LogP contribution < -0.4 is 14.2 Å². The summed E-state index contributed by atoms with van der Waals surface area (Å²) < 4.78 is 17.3. The highest BCUT2D eigenvalue weighted by atomic mass is 32.1. The lowest BCUT2D eigenvalue weighted by Crippen LogP contribution is -2.48. The fourth-order valence-corrected chi connectivity index (χ4v) is 4.79. The summed E-state index contributed by atoms with van der Waals surface area (Å²) in [6.07, 6.45) is 0. The summed E-state index contributed by atoms with van der Waals surface area (Å²) in [4.78, 5) is 22.4. The highest BCUT2D eigenvalue weighted by molar-refractivity contribution is 7.09. The van der Waals surface area contributed by atoms with Crippen molar-refractivity contribution in [2.75, 3.05) is 46.0 Å². The molecule has 1 saturated heterocycles. The predicted molar refractivity (Wildman–Crippen MR) is 132 cm³/mol. The topological polar surface area (TPSA) is 64.1 Å². The van der Waals surface area contributed by atoms with Crippen LogP contribution in [0.5, 0.6) is 17.2 Å². The van der Waals surface area contributed by atoms with E-state index in [0.717, 1.165) is 30.3 Å². The molecule has 3 rings (SSSR count). The highest BCUT2D eigenvalue weighted by Crippen LogP contribution is 2.39. The number of benzene rings is 1. The van der Waals surface area contributed by atoms with Crippen molar-refractivity contribution in [1.82, 2.24) is 14.8 Å². The molecule has 1 fully saturated rings. The zero-order chi connectivity index (χ0) is 24.0. The van der Waals surface area contributed by atoms with Gasteiger partial charge in [0.05, 0.1) is 32.1 Å². The molecule has 2 heterocycles. The van der Waals surface area contributed by atoms with E-state index >= 15 is 0 Å². The van der Waals surface area contributed by atoms with E-state index in [1.807, 2.05) is 25.7 Å². The predicted octanol–water partition coefficient (Wildman–Crippen LogP) is 4.59. The second-order valence-electron chi connectivity index (χ2n) is 9.05. The lowest BCUT2D eigenvalue weighted by Gasteiger charge is -2.34. The van der Waals surface area contributed by atoms with E-state index in [1.54, 1.807) is 23.5 Å². The van der Waals surface area contributed by atoms with Crippen LogP contribution in [0, 0.1) is 0 Å². The first kappa shape index (κ1) is 25.3. The average Bonchev–Trinajstić information content (AvgIpc) is 3.25. The van der Waals surface area contributed by atoms with Gasteiger partial charge in [0.2, 0.25) is 5.75 Å². The number of hydrogen-bond acceptors (Lipinski definition) is 7. The molecule has 2 aromatic rings. The molecule has 7 nitrogen and oxygen atoms in total. The monoisotopic (exact) mass is 475 g/mol. The van der Waals surface area contributed by atoms with Crippen molar-refractivity contribution < 1.29 is 19.0 Å². The van der Waals surface area contributed by atoms with Crippen molar-refractivity contribution >= 4 is 17.2 Å². The Morgan fingerprint density at radius 3 is 2.03 bits per heavy atom. The third kappa shape index (κ3) is 6.38. The van der Waals surface area contributed by atoms with E-state index < -0.39 is 0 Å². The summed E-state index contributed by atoms with van der Waals surface area (Å²) in [6, 6.07) is 3.55. The molecule has 0 aliphatic carbocycles. The third-order valence-corrected chi connectivity index (χ3v) is 6.33. The molecule has 0 unspecified atom stereocenters. The maximum Gasteiger partial charge on any atom is 0.254 e. The van der Waals surface area contributed by atoms with Gasteiger partial charge in [0.1, 0.15) is 5.01 Å². The maximum atomic E-state index is 13.3. The Labute approximate surface area is 201 Å². The largest absolute Gasteiger partial charge is 0.490 e. The average molecular weight is 476 g/mol. The van der Waals surface area contributed by atoms with Gasteiger partial charge in [0.25, 0.3) is 5.91 Å². The van der Waals surface area contributed by atoms with E-state index in [2.05, 4.69) is 31.1 Å². The number of nitrogens with zero attached hydrogens (tertiary/aromatic N) is 3. The number of carbonyl (C=O) groups excluding carboxylic acids is 1. The Morgan fingerprint density at radius 1 is 0.970 bits per heavy atom. The second kappa shape index (κ2) is 11.2. The zero-order valence-corrected chi connectivity index (χ0v) is 21.6. The minimum absolute atomic E-state index is 0.0103. The molecule has 8 heteroatoms. The standard InChI is InChI=1S/C25H37N3O4S/c1-7-30-19-14-18(15-20(31-8-2)23(19)32-9-3)24(29)28-12-10-27(11-13-28)16-22-26-21(17-33-22)25(4,5)6/h14-15,17H,7-13,16H2,1-6H3. The summed E-state index contributed by atoms with van der Waals surface area (Å²) >= 11 is 1.72. The lowest BCUT2D eigenvalue weighted by molar-refractivity contribution is 0.0627. The quantitative estimate of drug-likeness (QED) is 0.528. The van der Waals surface area contributed by atoms with Gasteiger partial charge in [-0.05, 0) is 32.9 Å². The summed E-state index contributed by atoms with van der Waals surface area (Å²) in [5.41, 5.74) is 1.77. The van der Waals surface area contributed by atoms with Crippen LogP contribution in [0.2, 0.25) is 0 Å². The molecule has 33 heavy (non-hydrogen) atoms. The molecule has 1 aromatic heterocycles. The molecule has 1 amide bonds.